The smallest absolute Gasteiger partial charge is 0.226 e. The fraction of sp³-hybridized carbons (Fsp3) is 0.588. The number of halogens is 1. The number of methoxy groups -OCH3 is 1. The van der Waals surface area contributed by atoms with Crippen LogP contribution in [0.1, 0.15) is 38.3 Å². The zero-order valence-corrected chi connectivity index (χ0v) is 14.9. The minimum Gasteiger partial charge on any atom is -0.493 e. The first kappa shape index (κ1) is 19.6. The number of hydrogen-bond donors (Lipinski definition) is 2. The SMILES string of the molecule is CCCCOc1ccc(C(C)NC(=O)C2CNC2)cc1OC.Cl. The molecule has 1 aliphatic rings. The summed E-state index contributed by atoms with van der Waals surface area (Å²) in [7, 11) is 1.63. The molecule has 5 nitrogen and oxygen atoms in total. The zero-order valence-electron chi connectivity index (χ0n) is 14.1. The Morgan fingerprint density at radius 2 is 2.13 bits per heavy atom. The number of benzene rings is 1. The number of hydrogen-bond acceptors (Lipinski definition) is 4. The van der Waals surface area contributed by atoms with E-state index in [1.165, 1.54) is 0 Å². The molecule has 1 heterocycles. The van der Waals surface area contributed by atoms with Crippen LogP contribution in [0.5, 0.6) is 11.5 Å². The molecule has 2 N–H and O–H groups in total. The maximum atomic E-state index is 12.0. The summed E-state index contributed by atoms with van der Waals surface area (Å²) in [6.07, 6.45) is 2.12. The van der Waals surface area contributed by atoms with E-state index in [1.807, 2.05) is 25.1 Å². The van der Waals surface area contributed by atoms with E-state index < -0.39 is 0 Å². The van der Waals surface area contributed by atoms with Crippen LogP contribution in [0.25, 0.3) is 0 Å². The van der Waals surface area contributed by atoms with E-state index >= 15 is 0 Å². The molecule has 1 amide bonds. The van der Waals surface area contributed by atoms with Gasteiger partial charge in [-0.15, -0.1) is 12.4 Å². The van der Waals surface area contributed by atoms with Crippen molar-refractivity contribution >= 4 is 18.3 Å². The van der Waals surface area contributed by atoms with Gasteiger partial charge < -0.3 is 20.1 Å². The Balaban J connectivity index is 0.00000264. The minimum absolute atomic E-state index is 0. The summed E-state index contributed by atoms with van der Waals surface area (Å²) in [6, 6.07) is 5.78. The lowest BCUT2D eigenvalue weighted by molar-refractivity contribution is -0.127. The van der Waals surface area contributed by atoms with E-state index in [-0.39, 0.29) is 30.3 Å². The number of nitrogens with one attached hydrogen (secondary N) is 2. The van der Waals surface area contributed by atoms with Gasteiger partial charge in [0.1, 0.15) is 0 Å². The highest BCUT2D eigenvalue weighted by molar-refractivity contribution is 5.85. The second-order valence-corrected chi connectivity index (χ2v) is 5.70. The first-order valence-corrected chi connectivity index (χ1v) is 7.97. The van der Waals surface area contributed by atoms with Crippen LogP contribution in [-0.4, -0.2) is 32.7 Å². The Hall–Kier alpha value is -1.46. The molecule has 0 bridgehead atoms. The van der Waals surface area contributed by atoms with Gasteiger partial charge in [0.25, 0.3) is 0 Å². The summed E-state index contributed by atoms with van der Waals surface area (Å²) in [5, 5.41) is 6.15. The van der Waals surface area contributed by atoms with Crippen LogP contribution in [0, 0.1) is 5.92 Å². The molecule has 0 aromatic heterocycles. The largest absolute Gasteiger partial charge is 0.493 e. The molecule has 1 atom stereocenters. The number of carbonyl (C=O) groups is 1. The molecule has 0 radical (unpaired) electrons. The van der Waals surface area contributed by atoms with Gasteiger partial charge in [-0.1, -0.05) is 19.4 Å². The maximum absolute atomic E-state index is 12.0. The summed E-state index contributed by atoms with van der Waals surface area (Å²) in [5.74, 6) is 1.66. The lowest BCUT2D eigenvalue weighted by Crippen LogP contribution is -2.51. The van der Waals surface area contributed by atoms with Crippen molar-refractivity contribution in [2.75, 3.05) is 26.8 Å². The molecule has 1 unspecified atom stereocenters. The fourth-order valence-electron chi connectivity index (χ4n) is 2.29. The third kappa shape index (κ3) is 5.29. The van der Waals surface area contributed by atoms with Gasteiger partial charge in [0.2, 0.25) is 5.91 Å². The molecule has 130 valence electrons. The van der Waals surface area contributed by atoms with E-state index in [0.717, 1.165) is 37.2 Å². The number of ether oxygens (including phenoxy) is 2. The van der Waals surface area contributed by atoms with Crippen molar-refractivity contribution in [3.63, 3.8) is 0 Å². The first-order chi connectivity index (χ1) is 10.7. The van der Waals surface area contributed by atoms with Crippen molar-refractivity contribution in [1.29, 1.82) is 0 Å². The Morgan fingerprint density at radius 3 is 2.70 bits per heavy atom. The van der Waals surface area contributed by atoms with E-state index in [4.69, 9.17) is 9.47 Å². The molecular weight excluding hydrogens is 316 g/mol. The first-order valence-electron chi connectivity index (χ1n) is 7.97. The van der Waals surface area contributed by atoms with Crippen molar-refractivity contribution in [2.24, 2.45) is 5.92 Å². The molecule has 1 aliphatic heterocycles. The van der Waals surface area contributed by atoms with Crippen LogP contribution in [0.4, 0.5) is 0 Å². The molecule has 1 aromatic rings. The van der Waals surface area contributed by atoms with Crippen LogP contribution < -0.4 is 20.1 Å². The zero-order chi connectivity index (χ0) is 15.9. The van der Waals surface area contributed by atoms with Crippen molar-refractivity contribution < 1.29 is 14.3 Å². The normalized spacial score (nSPS) is 15.1. The van der Waals surface area contributed by atoms with Crippen LogP contribution in [0.15, 0.2) is 18.2 Å². The van der Waals surface area contributed by atoms with Gasteiger partial charge in [-0.2, -0.15) is 0 Å². The minimum atomic E-state index is -0.0494. The number of amides is 1. The second kappa shape index (κ2) is 9.63. The standard InChI is InChI=1S/C17H26N2O3.ClH/c1-4-5-8-22-15-7-6-13(9-16(15)21-3)12(2)19-17(20)14-10-18-11-14;/h6-7,9,12,14,18H,4-5,8,10-11H2,1-3H3,(H,19,20);1H. The molecule has 23 heavy (non-hydrogen) atoms. The third-order valence-corrected chi connectivity index (χ3v) is 3.95. The van der Waals surface area contributed by atoms with E-state index in [2.05, 4.69) is 17.6 Å². The van der Waals surface area contributed by atoms with Crippen LogP contribution >= 0.6 is 12.4 Å². The van der Waals surface area contributed by atoms with Crippen LogP contribution in [-0.2, 0) is 4.79 Å². The molecule has 6 heteroatoms. The van der Waals surface area contributed by atoms with Gasteiger partial charge in [0.15, 0.2) is 11.5 Å². The number of carbonyl (C=O) groups excluding carboxylic acids is 1. The van der Waals surface area contributed by atoms with Crippen LogP contribution in [0.3, 0.4) is 0 Å². The Bertz CT molecular complexity index is 507. The molecule has 0 aliphatic carbocycles. The molecule has 1 aromatic carbocycles. The molecule has 2 rings (SSSR count). The molecular formula is C17H27ClN2O3. The predicted octanol–water partition coefficient (Wildman–Crippen LogP) is 2.69. The monoisotopic (exact) mass is 342 g/mol. The van der Waals surface area contributed by atoms with Gasteiger partial charge in [-0.05, 0) is 31.0 Å². The van der Waals surface area contributed by atoms with E-state index in [1.54, 1.807) is 7.11 Å². The van der Waals surface area contributed by atoms with Gasteiger partial charge in [-0.3, -0.25) is 4.79 Å². The average molecular weight is 343 g/mol. The highest BCUT2D eigenvalue weighted by Crippen LogP contribution is 2.30. The summed E-state index contributed by atoms with van der Waals surface area (Å²) < 4.78 is 11.1. The molecule has 1 fully saturated rings. The molecule has 0 saturated carbocycles. The van der Waals surface area contributed by atoms with Crippen molar-refractivity contribution in [3.05, 3.63) is 23.8 Å². The lowest BCUT2D eigenvalue weighted by atomic mass is 10.0. The topological polar surface area (TPSA) is 59.6 Å². The Morgan fingerprint density at radius 1 is 1.39 bits per heavy atom. The van der Waals surface area contributed by atoms with Crippen LogP contribution in [0.2, 0.25) is 0 Å². The highest BCUT2D eigenvalue weighted by Gasteiger charge is 2.26. The van der Waals surface area contributed by atoms with Crippen molar-refractivity contribution in [3.8, 4) is 11.5 Å². The van der Waals surface area contributed by atoms with Gasteiger partial charge in [-0.25, -0.2) is 0 Å². The lowest BCUT2D eigenvalue weighted by Gasteiger charge is -2.27. The van der Waals surface area contributed by atoms with E-state index in [9.17, 15) is 4.79 Å². The predicted molar refractivity (Wildman–Crippen MR) is 93.6 cm³/mol. The van der Waals surface area contributed by atoms with Crippen molar-refractivity contribution in [1.82, 2.24) is 10.6 Å². The number of unbranched alkanes of at least 4 members (excludes halogenated alkanes) is 1. The summed E-state index contributed by atoms with van der Waals surface area (Å²) in [4.78, 5) is 12.0. The maximum Gasteiger partial charge on any atom is 0.226 e. The van der Waals surface area contributed by atoms with Gasteiger partial charge in [0, 0.05) is 13.1 Å². The second-order valence-electron chi connectivity index (χ2n) is 5.70. The summed E-state index contributed by atoms with van der Waals surface area (Å²) in [5.41, 5.74) is 1.01. The van der Waals surface area contributed by atoms with Gasteiger partial charge in [0.05, 0.1) is 25.7 Å². The summed E-state index contributed by atoms with van der Waals surface area (Å²) in [6.45, 7) is 6.34. The van der Waals surface area contributed by atoms with Gasteiger partial charge >= 0.3 is 0 Å². The number of rotatable bonds is 8. The molecule has 1 saturated heterocycles. The molecule has 0 spiro atoms. The van der Waals surface area contributed by atoms with Crippen molar-refractivity contribution in [2.45, 2.75) is 32.7 Å². The summed E-state index contributed by atoms with van der Waals surface area (Å²) >= 11 is 0. The Labute approximate surface area is 144 Å². The highest BCUT2D eigenvalue weighted by atomic mass is 35.5. The third-order valence-electron chi connectivity index (χ3n) is 3.95. The van der Waals surface area contributed by atoms with E-state index in [0.29, 0.717) is 12.4 Å². The fourth-order valence-corrected chi connectivity index (χ4v) is 2.29. The average Bonchev–Trinajstić information content (AvgIpc) is 2.45. The Kier molecular flexibility index (Phi) is 8.20. The quantitative estimate of drug-likeness (QED) is 0.713.